The van der Waals surface area contributed by atoms with Crippen LogP contribution in [0.2, 0.25) is 0 Å². The van der Waals surface area contributed by atoms with Gasteiger partial charge in [0.15, 0.2) is 0 Å². The lowest BCUT2D eigenvalue weighted by Gasteiger charge is -2.26. The van der Waals surface area contributed by atoms with Gasteiger partial charge in [-0.25, -0.2) is 0 Å². The monoisotopic (exact) mass is 299 g/mol. The van der Waals surface area contributed by atoms with Crippen LogP contribution in [0.5, 0.6) is 0 Å². The average Bonchev–Trinajstić information content (AvgIpc) is 2.70. The van der Waals surface area contributed by atoms with Gasteiger partial charge in [-0.3, -0.25) is 14.3 Å². The highest BCUT2D eigenvalue weighted by molar-refractivity contribution is 5.86. The van der Waals surface area contributed by atoms with Gasteiger partial charge in [0, 0.05) is 17.8 Å². The van der Waals surface area contributed by atoms with Crippen molar-refractivity contribution in [3.05, 3.63) is 29.5 Å². The van der Waals surface area contributed by atoms with E-state index in [4.69, 9.17) is 0 Å². The van der Waals surface area contributed by atoms with Crippen molar-refractivity contribution in [2.45, 2.75) is 52.1 Å². The Hall–Kier alpha value is -2.17. The zero-order chi connectivity index (χ0) is 15.7. The fourth-order valence-electron chi connectivity index (χ4n) is 2.87. The number of carbonyl (C=O) groups is 2. The van der Waals surface area contributed by atoms with E-state index in [9.17, 15) is 9.59 Å². The predicted molar refractivity (Wildman–Crippen MR) is 84.6 cm³/mol. The Bertz CT molecular complexity index is 729. The fraction of sp³-hybridized carbons (Fsp3) is 0.471. The van der Waals surface area contributed by atoms with Gasteiger partial charge in [0.25, 0.3) is 0 Å². The van der Waals surface area contributed by atoms with Crippen LogP contribution < -0.4 is 5.32 Å². The van der Waals surface area contributed by atoms with E-state index in [0.717, 1.165) is 35.0 Å². The average molecular weight is 299 g/mol. The molecule has 0 saturated heterocycles. The number of hydrogen-bond donors (Lipinski definition) is 1. The number of rotatable bonds is 5. The molecule has 1 aromatic heterocycles. The van der Waals surface area contributed by atoms with Crippen molar-refractivity contribution >= 4 is 22.6 Å². The summed E-state index contributed by atoms with van der Waals surface area (Å²) in [5.41, 5.74) is 2.81. The molecule has 1 heterocycles. The van der Waals surface area contributed by atoms with Crippen molar-refractivity contribution in [3.63, 3.8) is 0 Å². The van der Waals surface area contributed by atoms with E-state index < -0.39 is 0 Å². The van der Waals surface area contributed by atoms with Crippen molar-refractivity contribution in [1.29, 1.82) is 0 Å². The molecule has 0 spiro atoms. The van der Waals surface area contributed by atoms with Gasteiger partial charge in [-0.15, -0.1) is 0 Å². The summed E-state index contributed by atoms with van der Waals surface area (Å²) in [5.74, 6) is 0.159. The number of aryl methyl sites for hydroxylation is 1. The van der Waals surface area contributed by atoms with Gasteiger partial charge in [0.2, 0.25) is 5.91 Å². The van der Waals surface area contributed by atoms with Crippen LogP contribution in [0.4, 0.5) is 0 Å². The molecular formula is C17H21N3O2. The first-order chi connectivity index (χ1) is 10.5. The number of aromatic nitrogens is 2. The SMILES string of the molecule is CC(=O)Cc1ccc2c(c1)c(C)nn2CC(=O)NC1CCC1. The molecule has 1 fully saturated rings. The lowest BCUT2D eigenvalue weighted by molar-refractivity contribution is -0.123. The molecule has 0 aliphatic heterocycles. The van der Waals surface area contributed by atoms with E-state index in [2.05, 4.69) is 10.4 Å². The van der Waals surface area contributed by atoms with Crippen LogP contribution in [0.15, 0.2) is 18.2 Å². The molecule has 1 amide bonds. The van der Waals surface area contributed by atoms with Crippen LogP contribution >= 0.6 is 0 Å². The van der Waals surface area contributed by atoms with E-state index in [1.165, 1.54) is 6.42 Å². The first-order valence-corrected chi connectivity index (χ1v) is 7.78. The lowest BCUT2D eigenvalue weighted by atomic mass is 9.93. The number of hydrogen-bond acceptors (Lipinski definition) is 3. The quantitative estimate of drug-likeness (QED) is 0.920. The van der Waals surface area contributed by atoms with Crippen molar-refractivity contribution in [2.75, 3.05) is 0 Å². The van der Waals surface area contributed by atoms with E-state index in [-0.39, 0.29) is 18.2 Å². The van der Waals surface area contributed by atoms with Gasteiger partial charge in [-0.1, -0.05) is 6.07 Å². The third-order valence-corrected chi connectivity index (χ3v) is 4.22. The van der Waals surface area contributed by atoms with Crippen molar-refractivity contribution in [1.82, 2.24) is 15.1 Å². The lowest BCUT2D eigenvalue weighted by Crippen LogP contribution is -2.41. The molecule has 3 rings (SSSR count). The summed E-state index contributed by atoms with van der Waals surface area (Å²) in [7, 11) is 0. The molecule has 1 aliphatic rings. The number of nitrogens with one attached hydrogen (secondary N) is 1. The number of benzene rings is 1. The van der Waals surface area contributed by atoms with Crippen molar-refractivity contribution in [3.8, 4) is 0 Å². The standard InChI is InChI=1S/C17H21N3O2/c1-11(21)8-13-6-7-16-15(9-13)12(2)19-20(16)10-17(22)18-14-4-3-5-14/h6-7,9,14H,3-5,8,10H2,1-2H3,(H,18,22). The Morgan fingerprint density at radius 2 is 2.14 bits per heavy atom. The highest BCUT2D eigenvalue weighted by Crippen LogP contribution is 2.21. The Kier molecular flexibility index (Phi) is 3.96. The van der Waals surface area contributed by atoms with Gasteiger partial charge in [-0.2, -0.15) is 5.10 Å². The van der Waals surface area contributed by atoms with Gasteiger partial charge in [0.1, 0.15) is 12.3 Å². The number of amides is 1. The first-order valence-electron chi connectivity index (χ1n) is 7.78. The van der Waals surface area contributed by atoms with Crippen LogP contribution in [0.1, 0.15) is 37.4 Å². The molecule has 0 radical (unpaired) electrons. The molecule has 1 aromatic carbocycles. The summed E-state index contributed by atoms with van der Waals surface area (Å²) >= 11 is 0. The summed E-state index contributed by atoms with van der Waals surface area (Å²) in [5, 5.41) is 8.51. The topological polar surface area (TPSA) is 64.0 Å². The molecule has 5 heteroatoms. The van der Waals surface area contributed by atoms with E-state index in [1.807, 2.05) is 25.1 Å². The molecule has 116 valence electrons. The largest absolute Gasteiger partial charge is 0.352 e. The Morgan fingerprint density at radius 3 is 2.77 bits per heavy atom. The number of fused-ring (bicyclic) bond motifs is 1. The zero-order valence-corrected chi connectivity index (χ0v) is 13.1. The minimum atomic E-state index is 0.0157. The second kappa shape index (κ2) is 5.91. The molecule has 0 unspecified atom stereocenters. The zero-order valence-electron chi connectivity index (χ0n) is 13.1. The highest BCUT2D eigenvalue weighted by atomic mass is 16.2. The Balaban J connectivity index is 1.81. The smallest absolute Gasteiger partial charge is 0.241 e. The van der Waals surface area contributed by atoms with E-state index in [1.54, 1.807) is 11.6 Å². The van der Waals surface area contributed by atoms with Crippen LogP contribution in [-0.2, 0) is 22.6 Å². The minimum Gasteiger partial charge on any atom is -0.352 e. The normalized spacial score (nSPS) is 14.8. The second-order valence-electron chi connectivity index (χ2n) is 6.17. The number of ketones is 1. The fourth-order valence-corrected chi connectivity index (χ4v) is 2.87. The third-order valence-electron chi connectivity index (χ3n) is 4.22. The highest BCUT2D eigenvalue weighted by Gasteiger charge is 2.20. The minimum absolute atomic E-state index is 0.0157. The molecule has 1 aliphatic carbocycles. The van der Waals surface area contributed by atoms with Crippen LogP contribution in [-0.4, -0.2) is 27.5 Å². The van der Waals surface area contributed by atoms with Crippen molar-refractivity contribution < 1.29 is 9.59 Å². The summed E-state index contributed by atoms with van der Waals surface area (Å²) in [6.07, 6.45) is 3.80. The summed E-state index contributed by atoms with van der Waals surface area (Å²) < 4.78 is 1.75. The maximum Gasteiger partial charge on any atom is 0.241 e. The first kappa shape index (κ1) is 14.8. The maximum absolute atomic E-state index is 12.1. The molecule has 0 atom stereocenters. The molecular weight excluding hydrogens is 278 g/mol. The summed E-state index contributed by atoms with van der Waals surface area (Å²) in [4.78, 5) is 23.3. The number of carbonyl (C=O) groups excluding carboxylic acids is 2. The Labute approximate surface area is 129 Å². The van der Waals surface area contributed by atoms with E-state index in [0.29, 0.717) is 12.5 Å². The predicted octanol–water partition coefficient (Wildman–Crippen LogP) is 2.14. The molecule has 1 N–H and O–H groups in total. The van der Waals surface area contributed by atoms with Gasteiger partial charge >= 0.3 is 0 Å². The molecule has 22 heavy (non-hydrogen) atoms. The van der Waals surface area contributed by atoms with E-state index >= 15 is 0 Å². The van der Waals surface area contributed by atoms with Crippen LogP contribution in [0, 0.1) is 6.92 Å². The Morgan fingerprint density at radius 1 is 1.36 bits per heavy atom. The molecule has 1 saturated carbocycles. The van der Waals surface area contributed by atoms with Crippen LogP contribution in [0.3, 0.4) is 0 Å². The molecule has 5 nitrogen and oxygen atoms in total. The molecule has 2 aromatic rings. The summed E-state index contributed by atoms with van der Waals surface area (Å²) in [6, 6.07) is 6.23. The van der Waals surface area contributed by atoms with Crippen molar-refractivity contribution in [2.24, 2.45) is 0 Å². The van der Waals surface area contributed by atoms with Gasteiger partial charge in [-0.05, 0) is 50.8 Å². The van der Waals surface area contributed by atoms with Gasteiger partial charge in [0.05, 0.1) is 11.2 Å². The number of nitrogens with zero attached hydrogens (tertiary/aromatic N) is 2. The maximum atomic E-state index is 12.1. The van der Waals surface area contributed by atoms with Crippen LogP contribution in [0.25, 0.3) is 10.9 Å². The molecule has 0 bridgehead atoms. The second-order valence-corrected chi connectivity index (χ2v) is 6.17. The third kappa shape index (κ3) is 3.03. The van der Waals surface area contributed by atoms with Gasteiger partial charge < -0.3 is 5.32 Å². The number of Topliss-reactive ketones (excluding diaryl/α,β-unsaturated/α-hetero) is 1. The summed E-state index contributed by atoms with van der Waals surface area (Å²) in [6.45, 7) is 3.76.